The standard InChI is InChI=1S/C16H25N5O2S/c1-10-8-20(16(23)13(6-7-24-3)17-11(2)22)9-14-18-19-15(21(10)14)12-4-5-12/h10,12-13H,4-9H2,1-3H3,(H,17,22)/t10-,13-/m0/s1. The maximum atomic E-state index is 12.9. The second kappa shape index (κ2) is 7.13. The predicted octanol–water partition coefficient (Wildman–Crippen LogP) is 1.32. The second-order valence-corrected chi connectivity index (χ2v) is 7.71. The molecule has 0 radical (unpaired) electrons. The van der Waals surface area contributed by atoms with E-state index in [9.17, 15) is 9.59 Å². The fourth-order valence-electron chi connectivity index (χ4n) is 3.31. The lowest BCUT2D eigenvalue weighted by atomic mass is 10.1. The van der Waals surface area contributed by atoms with Crippen molar-refractivity contribution in [1.29, 1.82) is 0 Å². The van der Waals surface area contributed by atoms with Crippen LogP contribution < -0.4 is 5.32 Å². The summed E-state index contributed by atoms with van der Waals surface area (Å²) in [5.41, 5.74) is 0. The minimum Gasteiger partial charge on any atom is -0.345 e. The molecule has 2 atom stereocenters. The summed E-state index contributed by atoms with van der Waals surface area (Å²) >= 11 is 1.68. The van der Waals surface area contributed by atoms with Gasteiger partial charge in [0.15, 0.2) is 5.82 Å². The molecule has 1 N–H and O–H groups in total. The number of hydrogen-bond acceptors (Lipinski definition) is 5. The van der Waals surface area contributed by atoms with Gasteiger partial charge in [0.2, 0.25) is 11.8 Å². The van der Waals surface area contributed by atoms with Crippen LogP contribution in [0, 0.1) is 0 Å². The van der Waals surface area contributed by atoms with Crippen molar-refractivity contribution in [3.63, 3.8) is 0 Å². The summed E-state index contributed by atoms with van der Waals surface area (Å²) < 4.78 is 2.21. The molecular formula is C16H25N5O2S. The van der Waals surface area contributed by atoms with Crippen LogP contribution in [-0.4, -0.2) is 56.1 Å². The Labute approximate surface area is 146 Å². The van der Waals surface area contributed by atoms with E-state index in [1.807, 2.05) is 11.2 Å². The molecule has 1 fully saturated rings. The SMILES string of the molecule is CSCC[C@H](NC(C)=O)C(=O)N1Cc2nnc(C3CC3)n2[C@@H](C)C1. The molecule has 1 aromatic heterocycles. The summed E-state index contributed by atoms with van der Waals surface area (Å²) in [4.78, 5) is 26.1. The summed E-state index contributed by atoms with van der Waals surface area (Å²) in [7, 11) is 0. The van der Waals surface area contributed by atoms with Crippen LogP contribution in [0.2, 0.25) is 0 Å². The first kappa shape index (κ1) is 17.3. The van der Waals surface area contributed by atoms with Crippen LogP contribution in [0.1, 0.15) is 56.7 Å². The molecule has 1 aromatic rings. The lowest BCUT2D eigenvalue weighted by molar-refractivity contribution is -0.137. The topological polar surface area (TPSA) is 80.1 Å². The fraction of sp³-hybridized carbons (Fsp3) is 0.750. The molecule has 2 heterocycles. The van der Waals surface area contributed by atoms with Crippen LogP contribution in [0.4, 0.5) is 0 Å². The molecule has 8 heteroatoms. The highest BCUT2D eigenvalue weighted by Gasteiger charge is 2.36. The number of thioether (sulfide) groups is 1. The van der Waals surface area contributed by atoms with Crippen LogP contribution in [0.5, 0.6) is 0 Å². The molecule has 2 aliphatic rings. The Kier molecular flexibility index (Phi) is 5.12. The summed E-state index contributed by atoms with van der Waals surface area (Å²) in [5.74, 6) is 3.12. The highest BCUT2D eigenvalue weighted by atomic mass is 32.2. The number of aromatic nitrogens is 3. The molecule has 24 heavy (non-hydrogen) atoms. The quantitative estimate of drug-likeness (QED) is 0.836. The number of hydrogen-bond donors (Lipinski definition) is 1. The number of nitrogens with one attached hydrogen (secondary N) is 1. The van der Waals surface area contributed by atoms with Gasteiger partial charge < -0.3 is 14.8 Å². The van der Waals surface area contributed by atoms with E-state index in [0.29, 0.717) is 25.4 Å². The number of fused-ring (bicyclic) bond motifs is 1. The smallest absolute Gasteiger partial charge is 0.245 e. The highest BCUT2D eigenvalue weighted by molar-refractivity contribution is 7.98. The van der Waals surface area contributed by atoms with Gasteiger partial charge in [0, 0.05) is 19.4 Å². The van der Waals surface area contributed by atoms with Crippen molar-refractivity contribution in [1.82, 2.24) is 25.0 Å². The Balaban J connectivity index is 1.74. The van der Waals surface area contributed by atoms with Gasteiger partial charge in [0.1, 0.15) is 11.9 Å². The van der Waals surface area contributed by atoms with Crippen molar-refractivity contribution < 1.29 is 9.59 Å². The third-order valence-electron chi connectivity index (χ3n) is 4.59. The molecule has 2 amide bonds. The number of carbonyl (C=O) groups is 2. The zero-order valence-electron chi connectivity index (χ0n) is 14.5. The van der Waals surface area contributed by atoms with Crippen LogP contribution in [0.3, 0.4) is 0 Å². The number of nitrogens with zero attached hydrogens (tertiary/aromatic N) is 4. The van der Waals surface area contributed by atoms with Gasteiger partial charge in [-0.05, 0) is 38.2 Å². The predicted molar refractivity (Wildman–Crippen MR) is 92.7 cm³/mol. The van der Waals surface area contributed by atoms with E-state index >= 15 is 0 Å². The highest BCUT2D eigenvalue weighted by Crippen LogP contribution is 2.41. The second-order valence-electron chi connectivity index (χ2n) is 6.72. The monoisotopic (exact) mass is 351 g/mol. The minimum absolute atomic E-state index is 0.0201. The van der Waals surface area contributed by atoms with Gasteiger partial charge in [-0.2, -0.15) is 11.8 Å². The first-order chi connectivity index (χ1) is 11.5. The van der Waals surface area contributed by atoms with Crippen LogP contribution in [-0.2, 0) is 16.1 Å². The van der Waals surface area contributed by atoms with E-state index in [1.165, 1.54) is 19.8 Å². The molecular weight excluding hydrogens is 326 g/mol. The lowest BCUT2D eigenvalue weighted by Gasteiger charge is -2.34. The maximum Gasteiger partial charge on any atom is 0.245 e. The molecule has 0 saturated heterocycles. The van der Waals surface area contributed by atoms with Crippen molar-refractivity contribution in [3.8, 4) is 0 Å². The van der Waals surface area contributed by atoms with E-state index in [4.69, 9.17) is 0 Å². The van der Waals surface area contributed by atoms with Crippen molar-refractivity contribution >= 4 is 23.6 Å². The maximum absolute atomic E-state index is 12.9. The summed E-state index contributed by atoms with van der Waals surface area (Å²) in [6, 6.07) is -0.290. The molecule has 0 spiro atoms. The Bertz CT molecular complexity index is 628. The van der Waals surface area contributed by atoms with E-state index in [1.54, 1.807) is 11.8 Å². The Morgan fingerprint density at radius 2 is 2.12 bits per heavy atom. The van der Waals surface area contributed by atoms with Gasteiger partial charge in [-0.3, -0.25) is 9.59 Å². The van der Waals surface area contributed by atoms with Gasteiger partial charge in [0.05, 0.1) is 12.6 Å². The van der Waals surface area contributed by atoms with Crippen molar-refractivity contribution in [2.24, 2.45) is 0 Å². The van der Waals surface area contributed by atoms with Gasteiger partial charge >= 0.3 is 0 Å². The average Bonchev–Trinajstić information content (AvgIpc) is 3.29. The molecule has 3 rings (SSSR count). The molecule has 1 aliphatic heterocycles. The van der Waals surface area contributed by atoms with Gasteiger partial charge in [-0.1, -0.05) is 0 Å². The molecule has 0 aromatic carbocycles. The first-order valence-electron chi connectivity index (χ1n) is 8.49. The molecule has 1 saturated carbocycles. The average molecular weight is 351 g/mol. The lowest BCUT2D eigenvalue weighted by Crippen LogP contribution is -2.51. The number of rotatable bonds is 6. The fourth-order valence-corrected chi connectivity index (χ4v) is 3.78. The molecule has 0 bridgehead atoms. The van der Waals surface area contributed by atoms with Gasteiger partial charge in [-0.15, -0.1) is 10.2 Å². The van der Waals surface area contributed by atoms with Gasteiger partial charge in [0.25, 0.3) is 0 Å². The van der Waals surface area contributed by atoms with E-state index < -0.39 is 6.04 Å². The van der Waals surface area contributed by atoms with Gasteiger partial charge in [-0.25, -0.2) is 0 Å². The Hall–Kier alpha value is -1.57. The normalized spacial score (nSPS) is 21.3. The Morgan fingerprint density at radius 1 is 1.38 bits per heavy atom. The van der Waals surface area contributed by atoms with Crippen LogP contribution in [0.15, 0.2) is 0 Å². The molecule has 132 valence electrons. The minimum atomic E-state index is -0.459. The van der Waals surface area contributed by atoms with Crippen molar-refractivity contribution in [2.45, 2.75) is 57.7 Å². The number of amides is 2. The van der Waals surface area contributed by atoms with Crippen molar-refractivity contribution in [2.75, 3.05) is 18.6 Å². The number of carbonyl (C=O) groups excluding carboxylic acids is 2. The largest absolute Gasteiger partial charge is 0.345 e. The zero-order valence-corrected chi connectivity index (χ0v) is 15.3. The molecule has 7 nitrogen and oxygen atoms in total. The van der Waals surface area contributed by atoms with E-state index in [-0.39, 0.29) is 17.9 Å². The summed E-state index contributed by atoms with van der Waals surface area (Å²) in [6.45, 7) is 4.67. The van der Waals surface area contributed by atoms with E-state index in [2.05, 4.69) is 27.0 Å². The summed E-state index contributed by atoms with van der Waals surface area (Å²) in [6.07, 6.45) is 5.02. The van der Waals surface area contributed by atoms with Crippen LogP contribution >= 0.6 is 11.8 Å². The first-order valence-corrected chi connectivity index (χ1v) is 9.89. The van der Waals surface area contributed by atoms with Crippen molar-refractivity contribution in [3.05, 3.63) is 11.6 Å². The zero-order chi connectivity index (χ0) is 17.3. The Morgan fingerprint density at radius 3 is 2.75 bits per heavy atom. The molecule has 0 unspecified atom stereocenters. The molecule has 1 aliphatic carbocycles. The summed E-state index contributed by atoms with van der Waals surface area (Å²) in [5, 5.41) is 11.5. The third-order valence-corrected chi connectivity index (χ3v) is 5.23. The van der Waals surface area contributed by atoms with Crippen LogP contribution in [0.25, 0.3) is 0 Å². The van der Waals surface area contributed by atoms with E-state index in [0.717, 1.165) is 17.4 Å². The third kappa shape index (κ3) is 3.58.